The molecular weight excluding hydrogens is 303 g/mol. The Hall–Kier alpha value is -3.23. The zero-order valence-corrected chi connectivity index (χ0v) is 11.9. The van der Waals surface area contributed by atoms with Crippen LogP contribution in [-0.2, 0) is 6.42 Å². The molecule has 0 unspecified atom stereocenters. The van der Waals surface area contributed by atoms with Gasteiger partial charge in [-0.1, -0.05) is 0 Å². The van der Waals surface area contributed by atoms with Crippen molar-refractivity contribution < 1.29 is 9.18 Å². The molecule has 9 heteroatoms. The molecule has 3 aromatic rings. The van der Waals surface area contributed by atoms with Crippen LogP contribution in [-0.4, -0.2) is 37.4 Å². The number of aromatic amines is 2. The van der Waals surface area contributed by atoms with E-state index < -0.39 is 11.6 Å². The number of halogens is 1. The van der Waals surface area contributed by atoms with Crippen LogP contribution in [0, 0.1) is 5.82 Å². The second-order valence-electron chi connectivity index (χ2n) is 4.76. The van der Waals surface area contributed by atoms with Gasteiger partial charge in [0.25, 0.3) is 5.91 Å². The molecule has 0 aliphatic heterocycles. The zero-order valence-electron chi connectivity index (χ0n) is 11.9. The average Bonchev–Trinajstić information content (AvgIpc) is 3.17. The van der Waals surface area contributed by atoms with Crippen LogP contribution >= 0.6 is 0 Å². The van der Waals surface area contributed by atoms with Crippen molar-refractivity contribution in [3.63, 3.8) is 0 Å². The van der Waals surface area contributed by atoms with Gasteiger partial charge in [-0.2, -0.15) is 5.10 Å². The minimum absolute atomic E-state index is 0.0631. The molecule has 0 aliphatic rings. The maximum absolute atomic E-state index is 12.9. The molecule has 8 nitrogen and oxygen atoms in total. The maximum atomic E-state index is 12.9. The molecule has 118 valence electrons. The number of amides is 1. The number of aromatic nitrogens is 5. The van der Waals surface area contributed by atoms with Crippen molar-refractivity contribution >= 4 is 5.91 Å². The summed E-state index contributed by atoms with van der Waals surface area (Å²) in [5, 5.41) is 12.6. The minimum Gasteiger partial charge on any atom is -0.349 e. The van der Waals surface area contributed by atoms with Crippen molar-refractivity contribution in [1.82, 2.24) is 30.3 Å². The molecule has 0 saturated heterocycles. The van der Waals surface area contributed by atoms with Gasteiger partial charge in [-0.3, -0.25) is 9.78 Å². The fourth-order valence-corrected chi connectivity index (χ4v) is 2.00. The summed E-state index contributed by atoms with van der Waals surface area (Å²) in [6.45, 7) is 0.341. The summed E-state index contributed by atoms with van der Waals surface area (Å²) < 4.78 is 14.5. The first-order chi connectivity index (χ1) is 11.1. The van der Waals surface area contributed by atoms with Crippen LogP contribution in [0.25, 0.3) is 5.69 Å². The highest BCUT2D eigenvalue weighted by atomic mass is 19.1. The van der Waals surface area contributed by atoms with Gasteiger partial charge in [-0.05, 0) is 30.3 Å². The lowest BCUT2D eigenvalue weighted by atomic mass is 10.3. The van der Waals surface area contributed by atoms with Gasteiger partial charge < -0.3 is 5.32 Å². The highest BCUT2D eigenvalue weighted by Gasteiger charge is 2.09. The number of rotatable bonds is 5. The summed E-state index contributed by atoms with van der Waals surface area (Å²) in [6.07, 6.45) is 2.27. The van der Waals surface area contributed by atoms with E-state index in [0.29, 0.717) is 13.0 Å². The van der Waals surface area contributed by atoms with E-state index in [1.807, 2.05) is 6.07 Å². The van der Waals surface area contributed by atoms with Crippen molar-refractivity contribution in [2.75, 3.05) is 6.54 Å². The molecule has 23 heavy (non-hydrogen) atoms. The largest absolute Gasteiger partial charge is 0.349 e. The molecule has 0 fully saturated rings. The first-order valence-electron chi connectivity index (χ1n) is 6.85. The van der Waals surface area contributed by atoms with E-state index in [1.54, 1.807) is 23.0 Å². The monoisotopic (exact) mass is 316 g/mol. The average molecular weight is 316 g/mol. The zero-order chi connectivity index (χ0) is 16.2. The third-order valence-corrected chi connectivity index (χ3v) is 3.12. The lowest BCUT2D eigenvalue weighted by molar-refractivity contribution is 0.0944. The van der Waals surface area contributed by atoms with Gasteiger partial charge in [-0.25, -0.2) is 19.0 Å². The lowest BCUT2D eigenvalue weighted by Crippen LogP contribution is -2.27. The Morgan fingerprint density at radius 2 is 2.04 bits per heavy atom. The predicted octanol–water partition coefficient (Wildman–Crippen LogP) is 0.395. The van der Waals surface area contributed by atoms with Crippen LogP contribution in [0.4, 0.5) is 4.39 Å². The quantitative estimate of drug-likeness (QED) is 0.633. The standard InChI is InChI=1S/C14H13FN6O2/c15-9-1-3-11(4-2-9)21-8-6-10(20-21)5-7-16-13(22)12-17-14(23)19-18-12/h1-4,6,8H,5,7H2,(H,16,22)(H2,17,18,19,23). The summed E-state index contributed by atoms with van der Waals surface area (Å²) in [6, 6.07) is 7.79. The Morgan fingerprint density at radius 3 is 2.74 bits per heavy atom. The number of carbonyl (C=O) groups excluding carboxylic acids is 1. The molecule has 2 heterocycles. The molecule has 0 radical (unpaired) electrons. The Labute approximate surface area is 129 Å². The molecule has 2 aromatic heterocycles. The van der Waals surface area contributed by atoms with E-state index in [-0.39, 0.29) is 11.6 Å². The third kappa shape index (κ3) is 3.51. The highest BCUT2D eigenvalue weighted by molar-refractivity contribution is 5.90. The van der Waals surface area contributed by atoms with Gasteiger partial charge in [0.15, 0.2) is 0 Å². The molecule has 0 bridgehead atoms. The highest BCUT2D eigenvalue weighted by Crippen LogP contribution is 2.09. The van der Waals surface area contributed by atoms with Crippen LogP contribution < -0.4 is 11.0 Å². The van der Waals surface area contributed by atoms with E-state index in [2.05, 4.69) is 25.6 Å². The second kappa shape index (κ2) is 6.26. The minimum atomic E-state index is -0.534. The first-order valence-corrected chi connectivity index (χ1v) is 6.85. The third-order valence-electron chi connectivity index (χ3n) is 3.12. The first kappa shape index (κ1) is 14.7. The van der Waals surface area contributed by atoms with Gasteiger partial charge in [0.05, 0.1) is 11.4 Å². The molecule has 0 spiro atoms. The summed E-state index contributed by atoms with van der Waals surface area (Å²) in [5.41, 5.74) is 0.981. The number of H-pyrrole nitrogens is 2. The molecule has 1 aromatic carbocycles. The number of carbonyl (C=O) groups is 1. The summed E-state index contributed by atoms with van der Waals surface area (Å²) in [5.74, 6) is -0.839. The lowest BCUT2D eigenvalue weighted by Gasteiger charge is -2.02. The Bertz CT molecular complexity index is 864. The van der Waals surface area contributed by atoms with E-state index in [4.69, 9.17) is 0 Å². The number of benzene rings is 1. The number of hydrogen-bond acceptors (Lipinski definition) is 4. The van der Waals surface area contributed by atoms with Gasteiger partial charge in [-0.15, -0.1) is 5.10 Å². The van der Waals surface area contributed by atoms with Crippen molar-refractivity contribution in [2.45, 2.75) is 6.42 Å². The molecule has 3 rings (SSSR count). The van der Waals surface area contributed by atoms with Crippen molar-refractivity contribution in [1.29, 1.82) is 0 Å². The molecule has 3 N–H and O–H groups in total. The SMILES string of the molecule is O=C(NCCc1ccn(-c2ccc(F)cc2)n1)c1n[nH]c(=O)[nH]1. The molecule has 1 amide bonds. The van der Waals surface area contributed by atoms with Crippen molar-refractivity contribution in [3.8, 4) is 5.69 Å². The Kier molecular flexibility index (Phi) is 4.00. The van der Waals surface area contributed by atoms with E-state index >= 15 is 0 Å². The molecule has 0 atom stereocenters. The van der Waals surface area contributed by atoms with Crippen LogP contribution in [0.15, 0.2) is 41.3 Å². The Balaban J connectivity index is 1.56. The normalized spacial score (nSPS) is 10.7. The van der Waals surface area contributed by atoms with Crippen LogP contribution in [0.5, 0.6) is 0 Å². The molecular formula is C14H13FN6O2. The van der Waals surface area contributed by atoms with Crippen molar-refractivity contribution in [2.24, 2.45) is 0 Å². The van der Waals surface area contributed by atoms with Gasteiger partial charge in [0.1, 0.15) is 5.82 Å². The van der Waals surface area contributed by atoms with E-state index in [9.17, 15) is 14.0 Å². The molecule has 0 aliphatic carbocycles. The van der Waals surface area contributed by atoms with Gasteiger partial charge >= 0.3 is 5.69 Å². The van der Waals surface area contributed by atoms with Crippen molar-refractivity contribution in [3.05, 3.63) is 64.3 Å². The van der Waals surface area contributed by atoms with Gasteiger partial charge in [0.2, 0.25) is 5.82 Å². The number of nitrogens with zero attached hydrogens (tertiary/aromatic N) is 3. The number of nitrogens with one attached hydrogen (secondary N) is 3. The second-order valence-corrected chi connectivity index (χ2v) is 4.76. The smallest absolute Gasteiger partial charge is 0.341 e. The van der Waals surface area contributed by atoms with E-state index in [1.165, 1.54) is 12.1 Å². The maximum Gasteiger partial charge on any atom is 0.341 e. The van der Waals surface area contributed by atoms with Crippen LogP contribution in [0.3, 0.4) is 0 Å². The summed E-state index contributed by atoms with van der Waals surface area (Å²) >= 11 is 0. The van der Waals surface area contributed by atoms with E-state index in [0.717, 1.165) is 11.4 Å². The topological polar surface area (TPSA) is 108 Å². The fraction of sp³-hybridized carbons (Fsp3) is 0.143. The molecule has 0 saturated carbocycles. The van der Waals surface area contributed by atoms with Crippen LogP contribution in [0.1, 0.15) is 16.3 Å². The Morgan fingerprint density at radius 1 is 1.26 bits per heavy atom. The predicted molar refractivity (Wildman–Crippen MR) is 78.8 cm³/mol. The van der Waals surface area contributed by atoms with Gasteiger partial charge in [0, 0.05) is 19.2 Å². The number of hydrogen-bond donors (Lipinski definition) is 3. The fourth-order valence-electron chi connectivity index (χ4n) is 2.00. The summed E-state index contributed by atoms with van der Waals surface area (Å²) in [4.78, 5) is 24.8. The summed E-state index contributed by atoms with van der Waals surface area (Å²) in [7, 11) is 0. The van der Waals surface area contributed by atoms with Crippen LogP contribution in [0.2, 0.25) is 0 Å².